The summed E-state index contributed by atoms with van der Waals surface area (Å²) in [5.41, 5.74) is 6.53. The standard InChI is InChI=1S/C24H31F2O3P.C21H18ClF2O3P.C20H18F2NO3P.C20H25F2O3P.C18H21F2O3P/c1-3-17-28-30(27,29-18-4-2)24(19-7-5-6-8-19,20-9-13-22(25)14-10-20)21-11-15-23(26)16-12-21;1-26-28(25,27-2)21(15-3-9-18(22)10-4-15,16-5-11-19(23)12-6-16)17-7-13-20(24)14-8-17;1-25-27(24,26-2)20(19-5-3-4-14-23-19,15-6-10-17(21)11-7-15)16-8-12-18(22)13-9-16;1-4-5-6-15-20(26(23,24-2)25-3,16-7-11-18(21)12-8-16)17-9-13-19(22)14-10-17;1-13(2)18(24(21,22-3)23-4,14-5-9-16(19)10-6-14)15-7-11-17(20)12-8-15/h9-16,19H,3-8,17-18H2,1-2H3;3-14H,1-2H3;3-14H,1-2H3;7-14H,4-6,15H2,1-3H3;5-13H,1-4H3. The quantitative estimate of drug-likeness (QED) is 0.0154. The topological polar surface area (TPSA) is 191 Å². The number of aromatic nitrogens is 1. The molecule has 0 radical (unpaired) electrons. The minimum absolute atomic E-state index is 0.0204. The van der Waals surface area contributed by atoms with Crippen LogP contribution in [0.1, 0.15) is 166 Å². The molecule has 1 heterocycles. The maximum absolute atomic E-state index is 14.7. The molecule has 13 rings (SSSR count). The van der Waals surface area contributed by atoms with Crippen molar-refractivity contribution >= 4 is 49.6 Å². The number of nitrogens with zero attached hydrogens (tertiary/aromatic N) is 1. The van der Waals surface area contributed by atoms with Gasteiger partial charge in [0.25, 0.3) is 0 Å². The molecule has 1 aliphatic rings. The molecule has 0 aliphatic heterocycles. The van der Waals surface area contributed by atoms with Crippen LogP contribution in [0.3, 0.4) is 0 Å². The Kier molecular flexibility index (Phi) is 40.1. The van der Waals surface area contributed by atoms with Crippen LogP contribution < -0.4 is 0 Å². The molecule has 16 nitrogen and oxygen atoms in total. The first-order chi connectivity index (χ1) is 64.6. The van der Waals surface area contributed by atoms with Crippen LogP contribution in [0.4, 0.5) is 43.9 Å². The van der Waals surface area contributed by atoms with E-state index >= 15 is 0 Å². The third-order valence-electron chi connectivity index (χ3n) is 24.1. The Hall–Kier alpha value is -9.09. The second kappa shape index (κ2) is 49.5. The highest BCUT2D eigenvalue weighted by molar-refractivity contribution is 7.57. The van der Waals surface area contributed by atoms with Gasteiger partial charge in [0.1, 0.15) is 78.8 Å². The molecule has 0 spiro atoms. The van der Waals surface area contributed by atoms with Gasteiger partial charge < -0.3 is 45.2 Å². The third-order valence-corrected chi connectivity index (χ3v) is 37.7. The van der Waals surface area contributed by atoms with E-state index in [2.05, 4.69) is 11.9 Å². The first-order valence-electron chi connectivity index (χ1n) is 43.6. The smallest absolute Gasteiger partial charge is 0.311 e. The number of hydrogen-bond acceptors (Lipinski definition) is 16. The van der Waals surface area contributed by atoms with Crippen LogP contribution in [0, 0.1) is 70.0 Å². The summed E-state index contributed by atoms with van der Waals surface area (Å²) in [6.07, 6.45) is 9.79. The number of rotatable bonds is 37. The molecule has 0 saturated heterocycles. The summed E-state index contributed by atoms with van der Waals surface area (Å²) in [5, 5.41) is -5.96. The Morgan fingerprint density at radius 1 is 0.319 bits per heavy atom. The Morgan fingerprint density at radius 2 is 0.585 bits per heavy atom. The fourth-order valence-electron chi connectivity index (χ4n) is 17.8. The summed E-state index contributed by atoms with van der Waals surface area (Å²) >= 11 is 6.05. The highest BCUT2D eigenvalue weighted by atomic mass is 35.5. The molecule has 1 aromatic heterocycles. The van der Waals surface area contributed by atoms with Gasteiger partial charge in [-0.05, 0) is 251 Å². The zero-order valence-corrected chi connectivity index (χ0v) is 82.5. The molecule has 135 heavy (non-hydrogen) atoms. The number of halogens is 11. The Morgan fingerprint density at radius 3 is 0.852 bits per heavy atom. The normalized spacial score (nSPS) is 13.0. The van der Waals surface area contributed by atoms with E-state index in [1.54, 1.807) is 121 Å². The molecular weight excluding hydrogens is 1870 g/mol. The van der Waals surface area contributed by atoms with Crippen LogP contribution in [0.5, 0.6) is 0 Å². The molecule has 1 fully saturated rings. The van der Waals surface area contributed by atoms with E-state index in [9.17, 15) is 66.7 Å². The minimum atomic E-state index is -3.93. The van der Waals surface area contributed by atoms with Gasteiger partial charge in [-0.2, -0.15) is 0 Å². The Bertz CT molecular complexity index is 5620. The maximum atomic E-state index is 14.7. The van der Waals surface area contributed by atoms with Gasteiger partial charge in [-0.15, -0.1) is 0 Å². The first-order valence-corrected chi connectivity index (χ1v) is 51.7. The molecule has 0 amide bonds. The zero-order valence-electron chi connectivity index (χ0n) is 77.3. The van der Waals surface area contributed by atoms with Gasteiger partial charge in [-0.3, -0.25) is 27.8 Å². The molecule has 0 atom stereocenters. The highest BCUT2D eigenvalue weighted by Crippen LogP contribution is 2.76. The van der Waals surface area contributed by atoms with Crippen LogP contribution in [0.2, 0.25) is 5.02 Å². The largest absolute Gasteiger partial charge is 0.351 e. The van der Waals surface area contributed by atoms with Crippen molar-refractivity contribution in [3.63, 3.8) is 0 Å². The molecule has 0 unspecified atom stereocenters. The molecule has 722 valence electrons. The van der Waals surface area contributed by atoms with Crippen LogP contribution >= 0.6 is 49.6 Å². The van der Waals surface area contributed by atoms with Crippen molar-refractivity contribution in [1.82, 2.24) is 4.98 Å². The molecule has 0 N–H and O–H groups in total. The lowest BCUT2D eigenvalue weighted by molar-refractivity contribution is 0.174. The Balaban J connectivity index is 0.000000190. The molecule has 0 bridgehead atoms. The summed E-state index contributed by atoms with van der Waals surface area (Å²) in [7, 11) is -8.58. The second-order valence-corrected chi connectivity index (χ2v) is 44.2. The van der Waals surface area contributed by atoms with Gasteiger partial charge in [0.2, 0.25) is 0 Å². The Labute approximate surface area is 789 Å². The van der Waals surface area contributed by atoms with Gasteiger partial charge >= 0.3 is 38.0 Å². The van der Waals surface area contributed by atoms with Crippen molar-refractivity contribution in [2.75, 3.05) is 70.1 Å². The monoisotopic (exact) mass is 1980 g/mol. The molecule has 1 aliphatic carbocycles. The predicted molar refractivity (Wildman–Crippen MR) is 509 cm³/mol. The molecule has 11 aromatic carbocycles. The number of unbranched alkanes of at least 4 members (excludes halogenated alkanes) is 2. The van der Waals surface area contributed by atoms with Crippen molar-refractivity contribution in [2.45, 2.75) is 125 Å². The van der Waals surface area contributed by atoms with Crippen molar-refractivity contribution in [1.29, 1.82) is 0 Å². The zero-order chi connectivity index (χ0) is 98.6. The number of hydrogen-bond donors (Lipinski definition) is 0. The number of pyridine rings is 1. The minimum Gasteiger partial charge on any atom is -0.311 e. The maximum Gasteiger partial charge on any atom is 0.351 e. The van der Waals surface area contributed by atoms with Gasteiger partial charge in [0, 0.05) is 68.1 Å². The summed E-state index contributed by atoms with van der Waals surface area (Å²) in [6.45, 7) is 10.3. The summed E-state index contributed by atoms with van der Waals surface area (Å²) in [5.74, 6) is -4.36. The highest BCUT2D eigenvalue weighted by Gasteiger charge is 2.61. The lowest BCUT2D eigenvalue weighted by Crippen LogP contribution is -2.37. The van der Waals surface area contributed by atoms with E-state index in [4.69, 9.17) is 56.8 Å². The van der Waals surface area contributed by atoms with Crippen molar-refractivity contribution in [3.05, 3.63) is 421 Å². The summed E-state index contributed by atoms with van der Waals surface area (Å²) in [6, 6.07) is 69.2. The molecule has 1 saturated carbocycles. The fraction of sp³-hybridized carbons (Fsp3) is 0.311. The second-order valence-electron chi connectivity index (χ2n) is 31.8. The third kappa shape index (κ3) is 23.2. The lowest BCUT2D eigenvalue weighted by Gasteiger charge is -2.44. The summed E-state index contributed by atoms with van der Waals surface area (Å²) in [4.78, 5) is 4.39. The van der Waals surface area contributed by atoms with Gasteiger partial charge in [0.15, 0.2) is 5.16 Å². The molecule has 32 heteroatoms. The molecular formula is C103H113ClF10NO15P5. The van der Waals surface area contributed by atoms with E-state index in [0.717, 1.165) is 44.9 Å². The van der Waals surface area contributed by atoms with Crippen LogP contribution in [0.25, 0.3) is 0 Å². The van der Waals surface area contributed by atoms with E-state index in [1.807, 2.05) is 27.7 Å². The average molecular weight is 1990 g/mol. The molecule has 12 aromatic rings. The predicted octanol–water partition coefficient (Wildman–Crippen LogP) is 30.6. The summed E-state index contributed by atoms with van der Waals surface area (Å²) < 4.78 is 261. The lowest BCUT2D eigenvalue weighted by atomic mass is 9.78. The van der Waals surface area contributed by atoms with Crippen LogP contribution in [-0.4, -0.2) is 75.1 Å². The van der Waals surface area contributed by atoms with Gasteiger partial charge in [-0.25, -0.2) is 43.9 Å². The number of benzene rings is 11. The first kappa shape index (κ1) is 110. The van der Waals surface area contributed by atoms with E-state index in [0.29, 0.717) is 91.2 Å². The van der Waals surface area contributed by atoms with E-state index < -0.39 is 98.7 Å². The van der Waals surface area contributed by atoms with E-state index in [-0.39, 0.29) is 48.3 Å². The van der Waals surface area contributed by atoms with Crippen molar-refractivity contribution in [3.8, 4) is 0 Å². The van der Waals surface area contributed by atoms with Gasteiger partial charge in [-0.1, -0.05) is 218 Å². The SMILES string of the molecule is CCCCCC(c1ccc(F)cc1)(c1ccc(F)cc1)P(=O)(OC)OC.CCCOP(=O)(OCCC)C(c1ccc(F)cc1)(c1ccc(F)cc1)C1CCCC1.COP(=O)(OC)C(c1ccc(F)cc1)(c1ccc(F)cc1)C(C)C.COP(=O)(OC)C(c1ccc(F)cc1)(c1ccc(F)cc1)c1ccc(Cl)cc1.COP(=O)(OC)C(c1ccc(F)cc1)(c1ccc(F)cc1)c1ccccn1. The average Bonchev–Trinajstić information content (AvgIpc) is 1.59. The van der Waals surface area contributed by atoms with Crippen LogP contribution in [0.15, 0.2) is 291 Å². The van der Waals surface area contributed by atoms with Crippen molar-refractivity contribution in [2.24, 2.45) is 11.8 Å². The van der Waals surface area contributed by atoms with Crippen LogP contribution in [-0.2, 0) is 93.8 Å². The van der Waals surface area contributed by atoms with Crippen molar-refractivity contribution < 1.29 is 112 Å². The fourth-order valence-corrected chi connectivity index (χ4v) is 29.5. The van der Waals surface area contributed by atoms with Gasteiger partial charge in [0.05, 0.1) is 18.9 Å². The van der Waals surface area contributed by atoms with E-state index in [1.165, 1.54) is 227 Å².